The molecule has 1 aliphatic rings. The quantitative estimate of drug-likeness (QED) is 0.777. The molecule has 0 aromatic carbocycles. The van der Waals surface area contributed by atoms with Crippen molar-refractivity contribution < 1.29 is 9.47 Å². The molecule has 1 aromatic heterocycles. The van der Waals surface area contributed by atoms with Gasteiger partial charge in [0, 0.05) is 25.7 Å². The Morgan fingerprint density at radius 2 is 2.18 bits per heavy atom. The highest BCUT2D eigenvalue weighted by Gasteiger charge is 2.15. The lowest BCUT2D eigenvalue weighted by atomic mass is 10.0. The molecule has 5 heteroatoms. The van der Waals surface area contributed by atoms with Crippen LogP contribution in [0.2, 0.25) is 5.15 Å². The van der Waals surface area contributed by atoms with E-state index in [9.17, 15) is 0 Å². The summed E-state index contributed by atoms with van der Waals surface area (Å²) in [5.41, 5.74) is 0. The van der Waals surface area contributed by atoms with Crippen molar-refractivity contribution in [1.82, 2.24) is 9.97 Å². The number of aromatic nitrogens is 2. The van der Waals surface area contributed by atoms with Gasteiger partial charge >= 0.3 is 0 Å². The van der Waals surface area contributed by atoms with Crippen molar-refractivity contribution in [1.29, 1.82) is 0 Å². The van der Waals surface area contributed by atoms with E-state index in [1.807, 2.05) is 6.92 Å². The highest BCUT2D eigenvalue weighted by atomic mass is 35.5. The van der Waals surface area contributed by atoms with Crippen LogP contribution in [0.5, 0.6) is 5.88 Å². The summed E-state index contributed by atoms with van der Waals surface area (Å²) in [6.07, 6.45) is 2.87. The van der Waals surface area contributed by atoms with Gasteiger partial charge in [-0.1, -0.05) is 18.5 Å². The second-order valence-electron chi connectivity index (χ2n) is 4.17. The van der Waals surface area contributed by atoms with Crippen LogP contribution < -0.4 is 4.74 Å². The summed E-state index contributed by atoms with van der Waals surface area (Å²) in [5, 5.41) is 0.443. The fourth-order valence-electron chi connectivity index (χ4n) is 1.79. The summed E-state index contributed by atoms with van der Waals surface area (Å²) in [6, 6.07) is 1.67. The van der Waals surface area contributed by atoms with Crippen molar-refractivity contribution in [2.45, 2.75) is 26.2 Å². The molecule has 1 aromatic rings. The van der Waals surface area contributed by atoms with Crippen LogP contribution >= 0.6 is 11.6 Å². The van der Waals surface area contributed by atoms with E-state index in [4.69, 9.17) is 21.1 Å². The van der Waals surface area contributed by atoms with E-state index in [1.165, 1.54) is 0 Å². The van der Waals surface area contributed by atoms with Crippen molar-refractivity contribution in [2.75, 3.05) is 19.8 Å². The van der Waals surface area contributed by atoms with Crippen LogP contribution in [0.3, 0.4) is 0 Å². The Kier molecular flexibility index (Phi) is 4.57. The molecule has 0 bridgehead atoms. The highest BCUT2D eigenvalue weighted by Crippen LogP contribution is 2.18. The zero-order valence-corrected chi connectivity index (χ0v) is 10.7. The average Bonchev–Trinajstić information content (AvgIpc) is 2.37. The molecule has 0 aliphatic carbocycles. The second kappa shape index (κ2) is 6.17. The van der Waals surface area contributed by atoms with E-state index in [0.717, 1.165) is 38.3 Å². The monoisotopic (exact) mass is 256 g/mol. The van der Waals surface area contributed by atoms with E-state index >= 15 is 0 Å². The minimum atomic E-state index is 0.443. The molecule has 17 heavy (non-hydrogen) atoms. The maximum Gasteiger partial charge on any atom is 0.218 e. The summed E-state index contributed by atoms with van der Waals surface area (Å²) in [5.74, 6) is 1.86. The van der Waals surface area contributed by atoms with Gasteiger partial charge in [-0.2, -0.15) is 4.98 Å². The van der Waals surface area contributed by atoms with Gasteiger partial charge in [-0.3, -0.25) is 0 Å². The third-order valence-electron chi connectivity index (χ3n) is 2.84. The maximum absolute atomic E-state index is 5.90. The Balaban J connectivity index is 1.91. The van der Waals surface area contributed by atoms with Gasteiger partial charge in [-0.25, -0.2) is 4.98 Å². The number of rotatable bonds is 4. The number of hydrogen-bond acceptors (Lipinski definition) is 4. The lowest BCUT2D eigenvalue weighted by molar-refractivity contribution is 0.0490. The Labute approximate surface area is 106 Å². The molecule has 94 valence electrons. The summed E-state index contributed by atoms with van der Waals surface area (Å²) in [6.45, 7) is 4.34. The van der Waals surface area contributed by atoms with Crippen LogP contribution in [0.25, 0.3) is 0 Å². The molecule has 0 atom stereocenters. The molecule has 4 nitrogen and oxygen atoms in total. The molecule has 0 radical (unpaired) electrons. The van der Waals surface area contributed by atoms with Crippen molar-refractivity contribution in [3.05, 3.63) is 17.0 Å². The Bertz CT molecular complexity index is 368. The maximum atomic E-state index is 5.90. The van der Waals surface area contributed by atoms with Crippen LogP contribution in [-0.2, 0) is 11.2 Å². The first-order valence-electron chi connectivity index (χ1n) is 6.02. The standard InChI is InChI=1S/C12H17ClN2O2/c1-2-11-14-10(13)7-12(15-11)17-8-9-3-5-16-6-4-9/h7,9H,2-6,8H2,1H3. The summed E-state index contributed by atoms with van der Waals surface area (Å²) in [7, 11) is 0. The fraction of sp³-hybridized carbons (Fsp3) is 0.667. The van der Waals surface area contributed by atoms with Crippen molar-refractivity contribution in [2.24, 2.45) is 5.92 Å². The lowest BCUT2D eigenvalue weighted by Crippen LogP contribution is -2.21. The Morgan fingerprint density at radius 1 is 1.41 bits per heavy atom. The van der Waals surface area contributed by atoms with E-state index < -0.39 is 0 Å². The van der Waals surface area contributed by atoms with Crippen molar-refractivity contribution >= 4 is 11.6 Å². The van der Waals surface area contributed by atoms with E-state index in [1.54, 1.807) is 6.07 Å². The second-order valence-corrected chi connectivity index (χ2v) is 4.55. The van der Waals surface area contributed by atoms with Gasteiger partial charge in [-0.05, 0) is 18.8 Å². The zero-order valence-electron chi connectivity index (χ0n) is 9.99. The molecule has 0 N–H and O–H groups in total. The number of aryl methyl sites for hydroxylation is 1. The fourth-order valence-corrected chi connectivity index (χ4v) is 1.98. The van der Waals surface area contributed by atoms with Crippen molar-refractivity contribution in [3.63, 3.8) is 0 Å². The zero-order chi connectivity index (χ0) is 12.1. The first-order chi connectivity index (χ1) is 8.28. The van der Waals surface area contributed by atoms with Crippen LogP contribution in [0.15, 0.2) is 6.07 Å². The van der Waals surface area contributed by atoms with Crippen LogP contribution in [-0.4, -0.2) is 29.8 Å². The number of nitrogens with zero attached hydrogens (tertiary/aromatic N) is 2. The van der Waals surface area contributed by atoms with Gasteiger partial charge in [0.15, 0.2) is 0 Å². The summed E-state index contributed by atoms with van der Waals surface area (Å²) >= 11 is 5.90. The van der Waals surface area contributed by atoms with Gasteiger partial charge in [-0.15, -0.1) is 0 Å². The Morgan fingerprint density at radius 3 is 2.88 bits per heavy atom. The minimum Gasteiger partial charge on any atom is -0.477 e. The summed E-state index contributed by atoms with van der Waals surface area (Å²) in [4.78, 5) is 8.39. The van der Waals surface area contributed by atoms with Gasteiger partial charge in [0.1, 0.15) is 11.0 Å². The topological polar surface area (TPSA) is 44.2 Å². The molecule has 1 fully saturated rings. The van der Waals surface area contributed by atoms with Gasteiger partial charge in [0.25, 0.3) is 0 Å². The number of ether oxygens (including phenoxy) is 2. The molecule has 1 aliphatic heterocycles. The van der Waals surface area contributed by atoms with Gasteiger partial charge < -0.3 is 9.47 Å². The van der Waals surface area contributed by atoms with Crippen LogP contribution in [0, 0.1) is 5.92 Å². The molecule has 0 saturated carbocycles. The van der Waals surface area contributed by atoms with Crippen molar-refractivity contribution in [3.8, 4) is 5.88 Å². The van der Waals surface area contributed by atoms with E-state index in [-0.39, 0.29) is 0 Å². The third-order valence-corrected chi connectivity index (χ3v) is 3.04. The third kappa shape index (κ3) is 3.82. The molecular weight excluding hydrogens is 240 g/mol. The van der Waals surface area contributed by atoms with Gasteiger partial charge in [0.2, 0.25) is 5.88 Å². The largest absolute Gasteiger partial charge is 0.477 e. The molecule has 2 rings (SSSR count). The SMILES string of the molecule is CCc1nc(Cl)cc(OCC2CCOCC2)n1. The Hall–Kier alpha value is -0.870. The number of hydrogen-bond donors (Lipinski definition) is 0. The molecule has 2 heterocycles. The summed E-state index contributed by atoms with van der Waals surface area (Å²) < 4.78 is 11.0. The predicted octanol–water partition coefficient (Wildman–Crippen LogP) is 2.50. The first-order valence-corrected chi connectivity index (χ1v) is 6.39. The minimum absolute atomic E-state index is 0.443. The molecule has 0 amide bonds. The predicted molar refractivity (Wildman–Crippen MR) is 65.5 cm³/mol. The van der Waals surface area contributed by atoms with E-state index in [2.05, 4.69) is 9.97 Å². The molecule has 0 spiro atoms. The van der Waals surface area contributed by atoms with Crippen LogP contribution in [0.4, 0.5) is 0 Å². The van der Waals surface area contributed by atoms with Crippen LogP contribution in [0.1, 0.15) is 25.6 Å². The highest BCUT2D eigenvalue weighted by molar-refractivity contribution is 6.29. The first kappa shape index (κ1) is 12.6. The number of halogens is 1. The van der Waals surface area contributed by atoms with Gasteiger partial charge in [0.05, 0.1) is 6.61 Å². The molecular formula is C12H17ClN2O2. The molecule has 1 saturated heterocycles. The average molecular weight is 257 g/mol. The van der Waals surface area contributed by atoms with E-state index in [0.29, 0.717) is 23.6 Å². The lowest BCUT2D eigenvalue weighted by Gasteiger charge is -2.21. The molecule has 0 unspecified atom stereocenters. The smallest absolute Gasteiger partial charge is 0.218 e. The normalized spacial score (nSPS) is 17.1.